The van der Waals surface area contributed by atoms with Gasteiger partial charge in [0, 0.05) is 45.5 Å². The second kappa shape index (κ2) is 28.1. The smallest absolute Gasteiger partial charge is 0.417 e. The Morgan fingerprint density at radius 1 is 0.315 bits per heavy atom. The van der Waals surface area contributed by atoms with Gasteiger partial charge in [-0.05, 0) is 221 Å². The van der Waals surface area contributed by atoms with Crippen LogP contribution < -0.4 is 57.3 Å². The third-order valence-electron chi connectivity index (χ3n) is 13.9. The van der Waals surface area contributed by atoms with E-state index in [1.54, 1.807) is 61.5 Å². The molecular weight excluding hydrogens is 1160 g/mol. The van der Waals surface area contributed by atoms with Crippen LogP contribution in [0.4, 0.5) is 96.4 Å². The zero-order chi connectivity index (χ0) is 65.8. The van der Waals surface area contributed by atoms with E-state index in [0.29, 0.717) is 28.2 Å². The number of phenolic OH excluding ortho intramolecular Hbond substituents is 2. The van der Waals surface area contributed by atoms with Gasteiger partial charge in [0.15, 0.2) is 0 Å². The molecule has 0 fully saturated rings. The lowest BCUT2D eigenvalue weighted by molar-refractivity contribution is -0.288. The van der Waals surface area contributed by atoms with Gasteiger partial charge in [0.1, 0.15) is 11.5 Å². The number of aryl methyl sites for hydroxylation is 3. The Kier molecular flexibility index (Phi) is 21.3. The lowest BCUT2D eigenvalue weighted by Gasteiger charge is -2.38. The van der Waals surface area contributed by atoms with Crippen LogP contribution in [0.25, 0.3) is 33.4 Å². The van der Waals surface area contributed by atoms with E-state index in [1.165, 1.54) is 45.5 Å². The molecule has 0 aliphatic rings. The van der Waals surface area contributed by atoms with Crippen molar-refractivity contribution in [2.75, 3.05) is 57.3 Å². The van der Waals surface area contributed by atoms with Crippen LogP contribution in [0.1, 0.15) is 44.5 Å². The highest BCUT2D eigenvalue weighted by molar-refractivity contribution is 5.76. The first-order chi connectivity index (χ1) is 41.7. The molecule has 464 valence electrons. The van der Waals surface area contributed by atoms with E-state index in [9.17, 15) is 49.7 Å². The molecule has 10 aromatic carbocycles. The lowest BCUT2D eigenvalue weighted by Crippen LogP contribution is -2.54. The molecule has 0 radical (unpaired) electrons. The molecule has 0 aliphatic carbocycles. The number of anilines is 10. The number of alkyl halides is 9. The van der Waals surface area contributed by atoms with Gasteiger partial charge in [-0.1, -0.05) is 84.9 Å². The maximum absolute atomic E-state index is 13.7. The fourth-order valence-corrected chi connectivity index (χ4v) is 9.54. The molecule has 0 aromatic heterocycles. The fourth-order valence-electron chi connectivity index (χ4n) is 9.54. The third-order valence-corrected chi connectivity index (χ3v) is 13.9. The van der Waals surface area contributed by atoms with E-state index < -0.39 is 40.6 Å². The van der Waals surface area contributed by atoms with Crippen LogP contribution in [0.3, 0.4) is 0 Å². The van der Waals surface area contributed by atoms with Crippen LogP contribution in [-0.2, 0) is 18.0 Å². The van der Waals surface area contributed by atoms with Crippen LogP contribution in [-0.4, -0.2) is 22.6 Å². The van der Waals surface area contributed by atoms with E-state index in [0.717, 1.165) is 94.9 Å². The number of phenols is 2. The maximum atomic E-state index is 13.7. The minimum Gasteiger partial charge on any atom is -0.506 e. The standard InChI is InChI=1S/C15H12F6N2.C14H13F3N2.C14H16N2.C13H14N2.C12H12N2O2/c16-14(17,18)13(15(19,20)21,9-1-5-11(22)6-2-9)10-3-7-12(23)8-4-10;1-8-6-9(18)2-4-11(8)12-5-3-10(19)7-13(12)14(15,16)17;1-9-7-11(15)3-5-13(9)14-6-4-12(16)8-10(14)2;14-12-5-1-3-10(8-12)7-11-4-2-6-13(15)9-11;13-9-3-1-7(5-11(9)15)8-2-4-10(14)12(16)6-8/h1-8H,22-23H2;2-7H,18-19H2,1H3;3-8H,15-16H2,1-2H3;1-6,8-9H,7,14-15H2;1-6,15-16H,13-14H2. The molecule has 10 aromatic rings. The number of nitrogen functional groups attached to an aromatic ring is 10. The SMILES string of the molecule is Cc1cc(N)ccc1-c1ccc(N)cc1C.Cc1cc(N)ccc1-c1ccc(N)cc1C(F)(F)F.Nc1ccc(-c2ccc(N)c(O)c2)cc1O.Nc1ccc(C(c2ccc(N)cc2)(C(F)(F)F)C(F)(F)F)cc1.Nc1cccc(Cc2cccc(N)c2)c1. The molecule has 0 saturated carbocycles. The van der Waals surface area contributed by atoms with Gasteiger partial charge in [-0.15, -0.1) is 0 Å². The Balaban J connectivity index is 0.000000179. The molecule has 0 spiro atoms. The normalized spacial score (nSPS) is 11.3. The lowest BCUT2D eigenvalue weighted by atomic mass is 9.73. The first-order valence-electron chi connectivity index (χ1n) is 27.0. The molecule has 0 unspecified atom stereocenters. The highest BCUT2D eigenvalue weighted by atomic mass is 19.4. The van der Waals surface area contributed by atoms with Crippen molar-refractivity contribution in [1.29, 1.82) is 0 Å². The predicted molar refractivity (Wildman–Crippen MR) is 344 cm³/mol. The van der Waals surface area contributed by atoms with Gasteiger partial charge in [-0.25, -0.2) is 0 Å². The van der Waals surface area contributed by atoms with Gasteiger partial charge in [0.2, 0.25) is 5.41 Å². The molecule has 21 heteroatoms. The highest BCUT2D eigenvalue weighted by Crippen LogP contribution is 2.56. The fraction of sp³-hybridized carbons (Fsp3) is 0.118. The minimum atomic E-state index is -5.61. The van der Waals surface area contributed by atoms with E-state index in [2.05, 4.69) is 38.1 Å². The average molecular weight is 1230 g/mol. The van der Waals surface area contributed by atoms with Crippen LogP contribution in [0.2, 0.25) is 0 Å². The van der Waals surface area contributed by atoms with Crippen molar-refractivity contribution in [1.82, 2.24) is 0 Å². The third kappa shape index (κ3) is 17.2. The second-order valence-electron chi connectivity index (χ2n) is 20.7. The van der Waals surface area contributed by atoms with Gasteiger partial charge in [0.25, 0.3) is 0 Å². The summed E-state index contributed by atoms with van der Waals surface area (Å²) in [6.07, 6.45) is -14.8. The maximum Gasteiger partial charge on any atom is 0.417 e. The molecule has 0 bridgehead atoms. The first-order valence-corrected chi connectivity index (χ1v) is 27.0. The summed E-state index contributed by atoms with van der Waals surface area (Å²) in [5.74, 6) is 0.0441. The number of halogens is 9. The monoisotopic (exact) mass is 1230 g/mol. The topological polar surface area (TPSA) is 301 Å². The van der Waals surface area contributed by atoms with Crippen molar-refractivity contribution in [3.63, 3.8) is 0 Å². The quantitative estimate of drug-likeness (QED) is 0.0403. The van der Waals surface area contributed by atoms with Crippen molar-refractivity contribution in [3.8, 4) is 44.9 Å². The van der Waals surface area contributed by atoms with Crippen molar-refractivity contribution < 1.29 is 49.7 Å². The van der Waals surface area contributed by atoms with Crippen LogP contribution in [0.15, 0.2) is 206 Å². The van der Waals surface area contributed by atoms with Crippen molar-refractivity contribution in [2.24, 2.45) is 0 Å². The number of aromatic hydroxyl groups is 2. The van der Waals surface area contributed by atoms with Crippen LogP contribution in [0, 0.1) is 20.8 Å². The molecule has 0 heterocycles. The number of benzene rings is 10. The number of hydrogen-bond acceptors (Lipinski definition) is 12. The molecule has 12 nitrogen and oxygen atoms in total. The van der Waals surface area contributed by atoms with Gasteiger partial charge in [0.05, 0.1) is 16.9 Å². The molecular formula is C68H67F9N10O2. The van der Waals surface area contributed by atoms with Gasteiger partial charge < -0.3 is 67.5 Å². The number of hydrogen-bond donors (Lipinski definition) is 12. The summed E-state index contributed by atoms with van der Waals surface area (Å²) in [6.45, 7) is 5.87. The highest BCUT2D eigenvalue weighted by Gasteiger charge is 2.72. The zero-order valence-corrected chi connectivity index (χ0v) is 48.4. The van der Waals surface area contributed by atoms with E-state index in [4.69, 9.17) is 57.3 Å². The summed E-state index contributed by atoms with van der Waals surface area (Å²) in [5, 5.41) is 18.9. The Hall–Kier alpha value is -10.8. The summed E-state index contributed by atoms with van der Waals surface area (Å²) in [7, 11) is 0. The molecule has 22 N–H and O–H groups in total. The van der Waals surface area contributed by atoms with Crippen molar-refractivity contribution in [2.45, 2.75) is 51.1 Å². The van der Waals surface area contributed by atoms with Gasteiger partial charge >= 0.3 is 18.5 Å². The Labute approximate surface area is 508 Å². The summed E-state index contributed by atoms with van der Waals surface area (Å²) in [5.41, 5.74) is 63.5. The van der Waals surface area contributed by atoms with Crippen LogP contribution in [0.5, 0.6) is 11.5 Å². The average Bonchev–Trinajstić information content (AvgIpc) is 0.758. The van der Waals surface area contributed by atoms with Crippen molar-refractivity contribution in [3.05, 3.63) is 251 Å². The predicted octanol–water partition coefficient (Wildman–Crippen LogP) is 15.6. The molecule has 10 rings (SSSR count). The largest absolute Gasteiger partial charge is 0.506 e. The molecule has 0 aliphatic heterocycles. The Morgan fingerprint density at radius 3 is 0.921 bits per heavy atom. The second-order valence-corrected chi connectivity index (χ2v) is 20.7. The molecule has 0 amide bonds. The molecule has 89 heavy (non-hydrogen) atoms. The molecule has 0 atom stereocenters. The number of rotatable bonds is 7. The zero-order valence-electron chi connectivity index (χ0n) is 48.4. The summed E-state index contributed by atoms with van der Waals surface area (Å²) in [6, 6.07) is 53.1. The van der Waals surface area contributed by atoms with E-state index in [-0.39, 0.29) is 34.1 Å². The Bertz CT molecular complexity index is 3840. The minimum absolute atomic E-state index is 0.0221. The van der Waals surface area contributed by atoms with Gasteiger partial charge in [-0.2, -0.15) is 39.5 Å². The first kappa shape index (κ1) is 67.3. The summed E-state index contributed by atoms with van der Waals surface area (Å²) >= 11 is 0. The van der Waals surface area contributed by atoms with Crippen molar-refractivity contribution >= 4 is 56.9 Å². The number of nitrogens with two attached hydrogens (primary N) is 10. The molecule has 0 saturated heterocycles. The summed E-state index contributed by atoms with van der Waals surface area (Å²) < 4.78 is 121. The van der Waals surface area contributed by atoms with E-state index >= 15 is 0 Å². The summed E-state index contributed by atoms with van der Waals surface area (Å²) in [4.78, 5) is 0. The van der Waals surface area contributed by atoms with Crippen LogP contribution >= 0.6 is 0 Å². The van der Waals surface area contributed by atoms with E-state index in [1.807, 2.05) is 60.7 Å². The Morgan fingerprint density at radius 2 is 0.618 bits per heavy atom. The van der Waals surface area contributed by atoms with Gasteiger partial charge in [-0.3, -0.25) is 0 Å².